The van der Waals surface area contributed by atoms with Crippen LogP contribution in [0.3, 0.4) is 0 Å². The van der Waals surface area contributed by atoms with Crippen LogP contribution < -0.4 is 5.32 Å². The second-order valence-corrected chi connectivity index (χ2v) is 16.3. The van der Waals surface area contributed by atoms with Crippen molar-refractivity contribution in [3.05, 3.63) is 36.2 Å². The topological polar surface area (TPSA) is 176 Å². The normalized spacial score (nSPS) is 38.1. The van der Waals surface area contributed by atoms with Gasteiger partial charge in [-0.25, -0.2) is 9.78 Å². The number of hydrogen-bond donors (Lipinski definition) is 2. The Labute approximate surface area is 323 Å². The Hall–Kier alpha value is -3.69. The van der Waals surface area contributed by atoms with Crippen LogP contribution in [0, 0.1) is 23.7 Å². The summed E-state index contributed by atoms with van der Waals surface area (Å²) in [5.41, 5.74) is -0.634. The highest BCUT2D eigenvalue weighted by molar-refractivity contribution is 6.00. The van der Waals surface area contributed by atoms with E-state index in [-0.39, 0.29) is 31.0 Å². The lowest BCUT2D eigenvalue weighted by Crippen LogP contribution is -2.60. The number of aliphatic hydroxyl groups excluding tert-OH is 1. The van der Waals surface area contributed by atoms with Crippen LogP contribution >= 0.6 is 0 Å². The van der Waals surface area contributed by atoms with Gasteiger partial charge in [0, 0.05) is 29.4 Å². The second-order valence-electron chi connectivity index (χ2n) is 16.3. The Morgan fingerprint density at radius 3 is 2.47 bits per heavy atom. The van der Waals surface area contributed by atoms with Gasteiger partial charge in [-0.3, -0.25) is 14.4 Å². The molecule has 13 atom stereocenters. The first-order valence-electron chi connectivity index (χ1n) is 19.5. The monoisotopic (exact) mass is 769 g/mol. The second kappa shape index (κ2) is 17.2. The Morgan fingerprint density at radius 2 is 1.78 bits per heavy atom. The number of oxazole rings is 1. The van der Waals surface area contributed by atoms with Gasteiger partial charge in [0.15, 0.2) is 29.7 Å². The SMILES string of the molecule is CCC[C@H]1OC(=O)[C@H](C)C(=O)[C@H](C)[C@@H](O[C@@H]2O[C@H](C)C[C@H](N(C)C)[C@H]2O)[C@](C)(OC/C=C/c2cccc3ocnc23)C[C@@H](C)C(=O)[C@H](C)[C@@H]2NC(=O)O[C@]12C. The molecular weight excluding hydrogens is 710 g/mol. The number of nitrogens with zero attached hydrogens (tertiary/aromatic N) is 2. The summed E-state index contributed by atoms with van der Waals surface area (Å²) in [5, 5.41) is 14.4. The first kappa shape index (κ1) is 42.5. The van der Waals surface area contributed by atoms with E-state index >= 15 is 0 Å². The van der Waals surface area contributed by atoms with Crippen molar-refractivity contribution in [1.29, 1.82) is 0 Å². The predicted molar refractivity (Wildman–Crippen MR) is 203 cm³/mol. The van der Waals surface area contributed by atoms with Gasteiger partial charge in [0.2, 0.25) is 0 Å². The molecule has 14 heteroatoms. The molecule has 3 saturated heterocycles. The van der Waals surface area contributed by atoms with Gasteiger partial charge in [-0.15, -0.1) is 0 Å². The third kappa shape index (κ3) is 8.83. The van der Waals surface area contributed by atoms with Crippen LogP contribution in [-0.4, -0.2) is 113 Å². The molecule has 2 aromatic rings. The average Bonchev–Trinajstić information content (AvgIpc) is 3.75. The molecule has 0 spiro atoms. The molecule has 0 aliphatic carbocycles. The van der Waals surface area contributed by atoms with Gasteiger partial charge in [0.1, 0.15) is 29.4 Å². The summed E-state index contributed by atoms with van der Waals surface area (Å²) in [6, 6.07) is 4.44. The molecule has 0 bridgehead atoms. The number of aromatic nitrogens is 1. The number of para-hydroxylation sites is 1. The van der Waals surface area contributed by atoms with E-state index in [0.717, 1.165) is 5.56 Å². The number of Topliss-reactive ketones (excluding diaryl/α,β-unsaturated/α-hetero) is 2. The van der Waals surface area contributed by atoms with E-state index in [1.807, 2.05) is 57.1 Å². The molecule has 4 heterocycles. The van der Waals surface area contributed by atoms with Gasteiger partial charge < -0.3 is 43.4 Å². The van der Waals surface area contributed by atoms with E-state index in [0.29, 0.717) is 30.4 Å². The number of aliphatic hydroxyl groups is 1. The predicted octanol–water partition coefficient (Wildman–Crippen LogP) is 5.09. The molecule has 55 heavy (non-hydrogen) atoms. The number of cyclic esters (lactones) is 1. The van der Waals surface area contributed by atoms with Gasteiger partial charge in [0.25, 0.3) is 0 Å². The van der Waals surface area contributed by atoms with Crippen molar-refractivity contribution in [2.45, 2.75) is 135 Å². The van der Waals surface area contributed by atoms with E-state index in [4.69, 9.17) is 28.1 Å². The standard InChI is InChI=1S/C41H59N3O11/c1-11-14-30-41(8)35(43-39(49)55-41)24(4)32(45)22(2)20-40(7,51-18-13-16-27-15-12-17-29-31(27)42-21-50-29)36(25(5)33(46)26(6)37(48)53-30)54-38-34(47)28(44(9)10)19-23(3)52-38/h12-13,15-17,21-26,28,30,34-36,38,47H,11,14,18-20H2,1-10H3,(H,43,49)/b16-13+/t22-,23-,24+,25+,26-,28+,30-,34-,35+,36-,38+,40-,41-/m1/s1. The lowest BCUT2D eigenvalue weighted by molar-refractivity contribution is -0.296. The quantitative estimate of drug-likeness (QED) is 0.255. The number of carbonyl (C=O) groups excluding carboxylic acids is 4. The molecule has 304 valence electrons. The minimum Gasteiger partial charge on any atom is -0.457 e. The van der Waals surface area contributed by atoms with Gasteiger partial charge in [0.05, 0.1) is 30.5 Å². The number of fused-ring (bicyclic) bond motifs is 2. The maximum atomic E-state index is 14.5. The van der Waals surface area contributed by atoms with Crippen molar-refractivity contribution >= 4 is 40.8 Å². The molecule has 14 nitrogen and oxygen atoms in total. The van der Waals surface area contributed by atoms with E-state index in [9.17, 15) is 24.3 Å². The fourth-order valence-corrected chi connectivity index (χ4v) is 8.70. The lowest BCUT2D eigenvalue weighted by atomic mass is 9.73. The molecule has 1 aromatic heterocycles. The first-order chi connectivity index (χ1) is 25.9. The van der Waals surface area contributed by atoms with E-state index in [1.165, 1.54) is 13.3 Å². The molecule has 3 aliphatic rings. The molecular formula is C41H59N3O11. The highest BCUT2D eigenvalue weighted by Crippen LogP contribution is 2.40. The lowest BCUT2D eigenvalue weighted by Gasteiger charge is -2.47. The average molecular weight is 770 g/mol. The number of nitrogens with one attached hydrogen (secondary N) is 1. The van der Waals surface area contributed by atoms with Crippen LogP contribution in [0.5, 0.6) is 0 Å². The summed E-state index contributed by atoms with van der Waals surface area (Å²) >= 11 is 0. The van der Waals surface area contributed by atoms with Crippen molar-refractivity contribution in [1.82, 2.24) is 15.2 Å². The van der Waals surface area contributed by atoms with Crippen molar-refractivity contribution in [3.8, 4) is 0 Å². The van der Waals surface area contributed by atoms with Gasteiger partial charge >= 0.3 is 12.1 Å². The first-order valence-corrected chi connectivity index (χ1v) is 19.5. The summed E-state index contributed by atoms with van der Waals surface area (Å²) in [6.07, 6.45) is 1.28. The number of carbonyl (C=O) groups is 4. The number of likely N-dealkylation sites (N-methyl/N-ethyl adjacent to an activating group) is 1. The third-order valence-electron chi connectivity index (χ3n) is 11.8. The number of alkyl carbamates (subject to hydrolysis) is 1. The van der Waals surface area contributed by atoms with Crippen LogP contribution in [0.25, 0.3) is 17.2 Å². The number of rotatable bonds is 9. The van der Waals surface area contributed by atoms with Crippen molar-refractivity contribution in [2.75, 3.05) is 20.7 Å². The molecule has 3 fully saturated rings. The maximum Gasteiger partial charge on any atom is 0.408 e. The Morgan fingerprint density at radius 1 is 1.05 bits per heavy atom. The molecule has 3 aliphatic heterocycles. The zero-order valence-corrected chi connectivity index (χ0v) is 33.8. The molecule has 1 aromatic carbocycles. The smallest absolute Gasteiger partial charge is 0.408 e. The number of hydrogen-bond acceptors (Lipinski definition) is 13. The van der Waals surface area contributed by atoms with Crippen molar-refractivity contribution in [3.63, 3.8) is 0 Å². The van der Waals surface area contributed by atoms with Crippen molar-refractivity contribution in [2.24, 2.45) is 23.7 Å². The molecule has 1 amide bonds. The van der Waals surface area contributed by atoms with Gasteiger partial charge in [-0.1, -0.05) is 58.4 Å². The molecule has 0 saturated carbocycles. The van der Waals surface area contributed by atoms with Crippen LogP contribution in [0.15, 0.2) is 35.1 Å². The number of esters is 1. The highest BCUT2D eigenvalue weighted by Gasteiger charge is 2.57. The third-order valence-corrected chi connectivity index (χ3v) is 11.8. The zero-order valence-electron chi connectivity index (χ0n) is 33.8. The van der Waals surface area contributed by atoms with Crippen LogP contribution in [0.1, 0.15) is 86.6 Å². The van der Waals surface area contributed by atoms with Crippen LogP contribution in [-0.2, 0) is 38.1 Å². The number of ether oxygens (including phenoxy) is 5. The summed E-state index contributed by atoms with van der Waals surface area (Å²) in [4.78, 5) is 61.9. The minimum absolute atomic E-state index is 0.0354. The maximum absolute atomic E-state index is 14.5. The number of ketones is 2. The van der Waals surface area contributed by atoms with E-state index in [1.54, 1.807) is 40.7 Å². The van der Waals surface area contributed by atoms with E-state index in [2.05, 4.69) is 10.3 Å². The van der Waals surface area contributed by atoms with Gasteiger partial charge in [-0.05, 0) is 67.1 Å². The largest absolute Gasteiger partial charge is 0.457 e. The van der Waals surface area contributed by atoms with E-state index < -0.39 is 83.4 Å². The molecule has 0 radical (unpaired) electrons. The van der Waals surface area contributed by atoms with Crippen LogP contribution in [0.2, 0.25) is 0 Å². The minimum atomic E-state index is -1.38. The van der Waals surface area contributed by atoms with Gasteiger partial charge in [-0.2, -0.15) is 0 Å². The number of benzene rings is 1. The fraction of sp³-hybridized carbons (Fsp3) is 0.683. The summed E-state index contributed by atoms with van der Waals surface area (Å²) in [7, 11) is 3.73. The summed E-state index contributed by atoms with van der Waals surface area (Å²) in [6.45, 7) is 13.9. The molecule has 5 rings (SSSR count). The number of amides is 1. The van der Waals surface area contributed by atoms with Crippen molar-refractivity contribution < 1.29 is 52.4 Å². The Kier molecular flexibility index (Phi) is 13.3. The summed E-state index contributed by atoms with van der Waals surface area (Å²) in [5.74, 6) is -5.16. The summed E-state index contributed by atoms with van der Waals surface area (Å²) < 4.78 is 37.0. The van der Waals surface area contributed by atoms with Crippen LogP contribution in [0.4, 0.5) is 4.79 Å². The molecule has 0 unspecified atom stereocenters. The Bertz CT molecular complexity index is 1730. The zero-order chi connectivity index (χ0) is 40.4. The highest BCUT2D eigenvalue weighted by atomic mass is 16.7. The fourth-order valence-electron chi connectivity index (χ4n) is 8.70. The Balaban J connectivity index is 1.57. The molecule has 2 N–H and O–H groups in total.